The molecule has 0 spiro atoms. The number of nitrogens with zero attached hydrogens (tertiary/aromatic N) is 5. The molecule has 0 N–H and O–H groups in total. The molecule has 0 saturated carbocycles. The van der Waals surface area contributed by atoms with Crippen LogP contribution in [0, 0.1) is 11.3 Å². The number of hydrogen-bond donors (Lipinski definition) is 0. The molecule has 7 nitrogen and oxygen atoms in total. The van der Waals surface area contributed by atoms with Gasteiger partial charge in [-0.25, -0.2) is 14.3 Å². The third-order valence-corrected chi connectivity index (χ3v) is 4.71. The fourth-order valence-electron chi connectivity index (χ4n) is 3.34. The van der Waals surface area contributed by atoms with Crippen molar-refractivity contribution >= 4 is 11.2 Å². The Labute approximate surface area is 160 Å². The summed E-state index contributed by atoms with van der Waals surface area (Å²) in [5.74, 6) is 0. The van der Waals surface area contributed by atoms with Gasteiger partial charge in [0.05, 0.1) is 30.2 Å². The van der Waals surface area contributed by atoms with E-state index in [1.54, 1.807) is 42.1 Å². The molecule has 0 fully saturated rings. The summed E-state index contributed by atoms with van der Waals surface area (Å²) in [4.78, 5) is 30.3. The highest BCUT2D eigenvalue weighted by atomic mass is 16.2. The third-order valence-electron chi connectivity index (χ3n) is 4.71. The molecule has 0 atom stereocenters. The van der Waals surface area contributed by atoms with Crippen molar-refractivity contribution in [2.75, 3.05) is 0 Å². The van der Waals surface area contributed by atoms with E-state index in [-0.39, 0.29) is 12.1 Å². The SMILES string of the molecule is CCn1c(=O)c2c(ncn2Cc2ccccc2C#N)n(-c2ccccc2)c1=O. The summed E-state index contributed by atoms with van der Waals surface area (Å²) >= 11 is 0. The molecule has 138 valence electrons. The van der Waals surface area contributed by atoms with E-state index in [2.05, 4.69) is 11.1 Å². The number of para-hydroxylation sites is 1. The molecule has 4 rings (SSSR count). The second-order valence-corrected chi connectivity index (χ2v) is 6.32. The highest BCUT2D eigenvalue weighted by Crippen LogP contribution is 2.16. The zero-order valence-electron chi connectivity index (χ0n) is 15.2. The van der Waals surface area contributed by atoms with Crippen LogP contribution in [0.15, 0.2) is 70.5 Å². The van der Waals surface area contributed by atoms with E-state index in [1.165, 1.54) is 9.13 Å². The zero-order valence-corrected chi connectivity index (χ0v) is 15.2. The minimum atomic E-state index is -0.422. The zero-order chi connectivity index (χ0) is 19.7. The Hall–Kier alpha value is -3.92. The summed E-state index contributed by atoms with van der Waals surface area (Å²) in [5.41, 5.74) is 1.79. The molecule has 2 aromatic carbocycles. The summed E-state index contributed by atoms with van der Waals surface area (Å²) in [6.07, 6.45) is 1.54. The smallest absolute Gasteiger partial charge is 0.320 e. The summed E-state index contributed by atoms with van der Waals surface area (Å²) in [6.45, 7) is 2.32. The summed E-state index contributed by atoms with van der Waals surface area (Å²) in [7, 11) is 0. The highest BCUT2D eigenvalue weighted by molar-refractivity contribution is 5.72. The summed E-state index contributed by atoms with van der Waals surface area (Å²) in [6, 6.07) is 18.5. The molecular formula is C21H17N5O2. The van der Waals surface area contributed by atoms with E-state index >= 15 is 0 Å². The summed E-state index contributed by atoms with van der Waals surface area (Å²) in [5, 5.41) is 9.34. The molecule has 0 radical (unpaired) electrons. The van der Waals surface area contributed by atoms with E-state index in [9.17, 15) is 14.9 Å². The largest absolute Gasteiger partial charge is 0.337 e. The predicted octanol–water partition coefficient (Wildman–Crippen LogP) is 2.29. The fraction of sp³-hybridized carbons (Fsp3) is 0.143. The molecule has 2 heterocycles. The van der Waals surface area contributed by atoms with Crippen LogP contribution in [0.3, 0.4) is 0 Å². The average molecular weight is 371 g/mol. The number of aromatic nitrogens is 4. The van der Waals surface area contributed by atoms with Gasteiger partial charge in [-0.3, -0.25) is 9.36 Å². The van der Waals surface area contributed by atoms with Crippen LogP contribution in [0.1, 0.15) is 18.1 Å². The van der Waals surface area contributed by atoms with Crippen LogP contribution in [0.2, 0.25) is 0 Å². The maximum Gasteiger partial charge on any atom is 0.337 e. The van der Waals surface area contributed by atoms with Crippen molar-refractivity contribution < 1.29 is 0 Å². The molecule has 0 aliphatic carbocycles. The minimum Gasteiger partial charge on any atom is -0.320 e. The van der Waals surface area contributed by atoms with Crippen molar-refractivity contribution in [2.24, 2.45) is 0 Å². The summed E-state index contributed by atoms with van der Waals surface area (Å²) < 4.78 is 4.34. The van der Waals surface area contributed by atoms with Crippen molar-refractivity contribution in [3.05, 3.63) is 92.9 Å². The molecule has 0 bridgehead atoms. The molecule has 0 aliphatic heterocycles. The Morgan fingerprint density at radius 1 is 1.04 bits per heavy atom. The first kappa shape index (κ1) is 17.5. The molecule has 7 heteroatoms. The lowest BCUT2D eigenvalue weighted by atomic mass is 10.1. The van der Waals surface area contributed by atoms with E-state index in [0.717, 1.165) is 5.56 Å². The van der Waals surface area contributed by atoms with Gasteiger partial charge in [0.25, 0.3) is 5.56 Å². The predicted molar refractivity (Wildman–Crippen MR) is 106 cm³/mol. The maximum atomic E-state index is 13.0. The molecule has 2 aromatic heterocycles. The van der Waals surface area contributed by atoms with Crippen LogP contribution >= 0.6 is 0 Å². The number of rotatable bonds is 4. The lowest BCUT2D eigenvalue weighted by Gasteiger charge is -2.12. The Bertz CT molecular complexity index is 1320. The van der Waals surface area contributed by atoms with Crippen LogP contribution in [0.25, 0.3) is 16.9 Å². The quantitative estimate of drug-likeness (QED) is 0.551. The van der Waals surface area contributed by atoms with Crippen LogP contribution in [-0.4, -0.2) is 18.7 Å². The van der Waals surface area contributed by atoms with Gasteiger partial charge in [0.15, 0.2) is 11.2 Å². The van der Waals surface area contributed by atoms with Crippen LogP contribution in [0.5, 0.6) is 0 Å². The van der Waals surface area contributed by atoms with Gasteiger partial charge >= 0.3 is 5.69 Å². The monoisotopic (exact) mass is 371 g/mol. The van der Waals surface area contributed by atoms with Gasteiger partial charge < -0.3 is 4.57 Å². The second kappa shape index (κ2) is 7.00. The van der Waals surface area contributed by atoms with Crippen molar-refractivity contribution in [3.63, 3.8) is 0 Å². The maximum absolute atomic E-state index is 13.0. The standard InChI is InChI=1S/C21H17N5O2/c1-2-25-20(27)18-19(26(21(25)28)17-10-4-3-5-11-17)23-14-24(18)13-16-9-7-6-8-15(16)12-22/h3-11,14H,2,13H2,1H3. The Kier molecular flexibility index (Phi) is 4.38. The second-order valence-electron chi connectivity index (χ2n) is 6.32. The molecule has 0 saturated heterocycles. The van der Waals surface area contributed by atoms with Crippen LogP contribution in [0.4, 0.5) is 0 Å². The number of nitriles is 1. The first-order chi connectivity index (χ1) is 13.7. The Balaban J connectivity index is 2.01. The molecule has 0 unspecified atom stereocenters. The Morgan fingerprint density at radius 3 is 2.46 bits per heavy atom. The first-order valence-corrected chi connectivity index (χ1v) is 8.89. The van der Waals surface area contributed by atoms with Crippen LogP contribution < -0.4 is 11.2 Å². The van der Waals surface area contributed by atoms with Crippen molar-refractivity contribution in [2.45, 2.75) is 20.0 Å². The molecule has 4 aromatic rings. The van der Waals surface area contributed by atoms with Gasteiger partial charge in [-0.1, -0.05) is 36.4 Å². The normalized spacial score (nSPS) is 10.9. The van der Waals surface area contributed by atoms with Gasteiger partial charge in [0.2, 0.25) is 0 Å². The first-order valence-electron chi connectivity index (χ1n) is 8.89. The topological polar surface area (TPSA) is 85.6 Å². The Morgan fingerprint density at radius 2 is 1.75 bits per heavy atom. The third kappa shape index (κ3) is 2.72. The van der Waals surface area contributed by atoms with E-state index < -0.39 is 5.69 Å². The number of hydrogen-bond acceptors (Lipinski definition) is 4. The number of imidazole rings is 1. The molecule has 28 heavy (non-hydrogen) atoms. The van der Waals surface area contributed by atoms with Gasteiger partial charge in [-0.15, -0.1) is 0 Å². The van der Waals surface area contributed by atoms with Crippen molar-refractivity contribution in [3.8, 4) is 11.8 Å². The molecular weight excluding hydrogens is 354 g/mol. The minimum absolute atomic E-state index is 0.250. The lowest BCUT2D eigenvalue weighted by molar-refractivity contribution is 0.655. The fourth-order valence-corrected chi connectivity index (χ4v) is 3.34. The van der Waals surface area contributed by atoms with Gasteiger partial charge in [0, 0.05) is 6.54 Å². The van der Waals surface area contributed by atoms with E-state index in [4.69, 9.17) is 0 Å². The van der Waals surface area contributed by atoms with E-state index in [1.807, 2.05) is 30.3 Å². The molecule has 0 amide bonds. The van der Waals surface area contributed by atoms with Crippen LogP contribution in [-0.2, 0) is 13.1 Å². The van der Waals surface area contributed by atoms with Crippen molar-refractivity contribution in [1.29, 1.82) is 5.26 Å². The lowest BCUT2D eigenvalue weighted by Crippen LogP contribution is -2.39. The number of fused-ring (bicyclic) bond motifs is 1. The van der Waals surface area contributed by atoms with Gasteiger partial charge in [0.1, 0.15) is 0 Å². The highest BCUT2D eigenvalue weighted by Gasteiger charge is 2.18. The molecule has 0 aliphatic rings. The van der Waals surface area contributed by atoms with Crippen molar-refractivity contribution in [1.82, 2.24) is 18.7 Å². The average Bonchev–Trinajstić information content (AvgIpc) is 3.13. The van der Waals surface area contributed by atoms with Gasteiger partial charge in [-0.2, -0.15) is 5.26 Å². The van der Waals surface area contributed by atoms with E-state index in [0.29, 0.717) is 29.0 Å². The van der Waals surface area contributed by atoms with Gasteiger partial charge in [-0.05, 0) is 30.7 Å². The number of benzene rings is 2.